The molecule has 1 aromatic carbocycles. The van der Waals surface area contributed by atoms with E-state index in [1.54, 1.807) is 0 Å². The average molecular weight is 300 g/mol. The zero-order valence-corrected chi connectivity index (χ0v) is 13.4. The highest BCUT2D eigenvalue weighted by atomic mass is 16.5. The Hall–Kier alpha value is -1.81. The number of hydrogen-bond donors (Lipinski definition) is 0. The van der Waals surface area contributed by atoms with Crippen LogP contribution in [-0.4, -0.2) is 35.2 Å². The first-order chi connectivity index (χ1) is 10.6. The van der Waals surface area contributed by atoms with Crippen LogP contribution in [-0.2, 0) is 6.54 Å². The van der Waals surface area contributed by atoms with E-state index in [1.165, 1.54) is 12.8 Å². The third kappa shape index (κ3) is 3.33. The van der Waals surface area contributed by atoms with E-state index in [9.17, 15) is 4.79 Å². The van der Waals surface area contributed by atoms with Crippen molar-refractivity contribution in [2.75, 3.05) is 19.6 Å². The second-order valence-electron chi connectivity index (χ2n) is 6.28. The van der Waals surface area contributed by atoms with Crippen molar-refractivity contribution in [3.8, 4) is 5.75 Å². The maximum Gasteiger partial charge on any atom is 0.258 e. The van der Waals surface area contributed by atoms with Crippen LogP contribution in [0.15, 0.2) is 35.3 Å². The standard InChI is InChI=1S/C18H24N2O2/c1-14(2)22-16-5-6-17-15(13-16)7-10-20(18(17)21)12-11-19-8-3-4-9-19/h5-7,10,13-14H,3-4,8-9,11-12H2,1-2H3. The Kier molecular flexibility index (Phi) is 4.48. The second-order valence-corrected chi connectivity index (χ2v) is 6.28. The first kappa shape index (κ1) is 15.1. The van der Waals surface area contributed by atoms with E-state index >= 15 is 0 Å². The number of pyridine rings is 1. The highest BCUT2D eigenvalue weighted by molar-refractivity contribution is 5.82. The van der Waals surface area contributed by atoms with Gasteiger partial charge in [0, 0.05) is 24.7 Å². The lowest BCUT2D eigenvalue weighted by molar-refractivity contribution is 0.243. The molecule has 0 bridgehead atoms. The van der Waals surface area contributed by atoms with E-state index < -0.39 is 0 Å². The number of nitrogens with zero attached hydrogens (tertiary/aromatic N) is 2. The molecule has 0 spiro atoms. The van der Waals surface area contributed by atoms with Gasteiger partial charge >= 0.3 is 0 Å². The Morgan fingerprint density at radius 3 is 2.64 bits per heavy atom. The van der Waals surface area contributed by atoms with Crippen molar-refractivity contribution in [2.24, 2.45) is 0 Å². The molecule has 0 radical (unpaired) electrons. The van der Waals surface area contributed by atoms with Gasteiger partial charge in [-0.1, -0.05) is 0 Å². The summed E-state index contributed by atoms with van der Waals surface area (Å²) in [4.78, 5) is 15.0. The second kappa shape index (κ2) is 6.53. The Bertz CT molecular complexity index is 700. The third-order valence-corrected chi connectivity index (χ3v) is 4.18. The predicted molar refractivity (Wildman–Crippen MR) is 89.6 cm³/mol. The van der Waals surface area contributed by atoms with Gasteiger partial charge in [-0.2, -0.15) is 0 Å². The van der Waals surface area contributed by atoms with Crippen molar-refractivity contribution in [1.82, 2.24) is 9.47 Å². The summed E-state index contributed by atoms with van der Waals surface area (Å²) in [6.45, 7) is 8.05. The summed E-state index contributed by atoms with van der Waals surface area (Å²) in [6, 6.07) is 7.71. The van der Waals surface area contributed by atoms with Gasteiger partial charge < -0.3 is 14.2 Å². The van der Waals surface area contributed by atoms with Crippen LogP contribution in [0.1, 0.15) is 26.7 Å². The van der Waals surface area contributed by atoms with Gasteiger partial charge in [-0.15, -0.1) is 0 Å². The van der Waals surface area contributed by atoms with Crippen LogP contribution in [0.25, 0.3) is 10.8 Å². The number of hydrogen-bond acceptors (Lipinski definition) is 3. The van der Waals surface area contributed by atoms with Crippen molar-refractivity contribution >= 4 is 10.8 Å². The number of fused-ring (bicyclic) bond motifs is 1. The van der Waals surface area contributed by atoms with Gasteiger partial charge in [-0.25, -0.2) is 0 Å². The quantitative estimate of drug-likeness (QED) is 0.851. The highest BCUT2D eigenvalue weighted by Gasteiger charge is 2.12. The number of likely N-dealkylation sites (tertiary alicyclic amines) is 1. The van der Waals surface area contributed by atoms with Crippen molar-refractivity contribution in [3.63, 3.8) is 0 Å². The van der Waals surface area contributed by atoms with E-state index in [4.69, 9.17) is 4.74 Å². The fourth-order valence-electron chi connectivity index (χ4n) is 3.04. The molecule has 1 aliphatic rings. The van der Waals surface area contributed by atoms with E-state index in [1.807, 2.05) is 48.9 Å². The van der Waals surface area contributed by atoms with Crippen molar-refractivity contribution < 1.29 is 4.74 Å². The first-order valence-corrected chi connectivity index (χ1v) is 8.16. The smallest absolute Gasteiger partial charge is 0.258 e. The van der Waals surface area contributed by atoms with Crippen molar-refractivity contribution in [3.05, 3.63) is 40.8 Å². The topological polar surface area (TPSA) is 34.5 Å². The normalized spacial score (nSPS) is 15.8. The molecule has 3 rings (SSSR count). The van der Waals surface area contributed by atoms with Gasteiger partial charge in [-0.05, 0) is 69.4 Å². The van der Waals surface area contributed by atoms with E-state index in [0.29, 0.717) is 0 Å². The molecule has 0 atom stereocenters. The zero-order valence-electron chi connectivity index (χ0n) is 13.4. The Labute approximate surface area is 131 Å². The molecule has 4 nitrogen and oxygen atoms in total. The Balaban J connectivity index is 1.81. The molecule has 22 heavy (non-hydrogen) atoms. The summed E-state index contributed by atoms with van der Waals surface area (Å²) in [5, 5.41) is 1.71. The van der Waals surface area contributed by atoms with Gasteiger partial charge in [-0.3, -0.25) is 4.79 Å². The van der Waals surface area contributed by atoms with E-state index in [-0.39, 0.29) is 11.7 Å². The number of ether oxygens (including phenoxy) is 1. The Morgan fingerprint density at radius 1 is 1.14 bits per heavy atom. The summed E-state index contributed by atoms with van der Waals surface area (Å²) >= 11 is 0. The zero-order chi connectivity index (χ0) is 15.5. The number of rotatable bonds is 5. The molecule has 0 unspecified atom stereocenters. The SMILES string of the molecule is CC(C)Oc1ccc2c(=O)n(CCN3CCCC3)ccc2c1. The summed E-state index contributed by atoms with van der Waals surface area (Å²) in [5.74, 6) is 0.816. The predicted octanol–water partition coefficient (Wildman–Crippen LogP) is 2.88. The lowest BCUT2D eigenvalue weighted by atomic mass is 10.1. The highest BCUT2D eigenvalue weighted by Crippen LogP contribution is 2.19. The van der Waals surface area contributed by atoms with Crippen LogP contribution >= 0.6 is 0 Å². The lowest BCUT2D eigenvalue weighted by Gasteiger charge is -2.16. The van der Waals surface area contributed by atoms with Gasteiger partial charge in [0.1, 0.15) is 5.75 Å². The maximum atomic E-state index is 12.6. The van der Waals surface area contributed by atoms with Crippen LogP contribution in [0, 0.1) is 0 Å². The van der Waals surface area contributed by atoms with Crippen LogP contribution in [0.2, 0.25) is 0 Å². The van der Waals surface area contributed by atoms with Gasteiger partial charge in [0.05, 0.1) is 6.10 Å². The molecule has 2 heterocycles. The summed E-state index contributed by atoms with van der Waals surface area (Å²) in [6.07, 6.45) is 4.61. The number of aromatic nitrogens is 1. The van der Waals surface area contributed by atoms with Crippen LogP contribution in [0.5, 0.6) is 5.75 Å². The molecule has 0 N–H and O–H groups in total. The van der Waals surface area contributed by atoms with E-state index in [0.717, 1.165) is 42.7 Å². The lowest BCUT2D eigenvalue weighted by Crippen LogP contribution is -2.28. The molecule has 0 amide bonds. The summed E-state index contributed by atoms with van der Waals surface area (Å²) in [5.41, 5.74) is 0.0905. The molecule has 4 heteroatoms. The largest absolute Gasteiger partial charge is 0.491 e. The molecule has 1 aliphatic heterocycles. The molecular weight excluding hydrogens is 276 g/mol. The van der Waals surface area contributed by atoms with E-state index in [2.05, 4.69) is 4.90 Å². The molecule has 1 fully saturated rings. The first-order valence-electron chi connectivity index (χ1n) is 8.16. The van der Waals surface area contributed by atoms with Crippen molar-refractivity contribution in [1.29, 1.82) is 0 Å². The Morgan fingerprint density at radius 2 is 1.91 bits per heavy atom. The summed E-state index contributed by atoms with van der Waals surface area (Å²) in [7, 11) is 0. The minimum Gasteiger partial charge on any atom is -0.491 e. The molecule has 0 aliphatic carbocycles. The van der Waals surface area contributed by atoms with Crippen LogP contribution in [0.3, 0.4) is 0 Å². The molecular formula is C18H24N2O2. The number of benzene rings is 1. The molecule has 2 aromatic rings. The molecule has 1 saturated heterocycles. The fraction of sp³-hybridized carbons (Fsp3) is 0.500. The van der Waals surface area contributed by atoms with Gasteiger partial charge in [0.2, 0.25) is 0 Å². The molecule has 0 saturated carbocycles. The van der Waals surface area contributed by atoms with Gasteiger partial charge in [0.15, 0.2) is 0 Å². The fourth-order valence-corrected chi connectivity index (χ4v) is 3.04. The van der Waals surface area contributed by atoms with Crippen LogP contribution in [0.4, 0.5) is 0 Å². The molecule has 1 aromatic heterocycles. The van der Waals surface area contributed by atoms with Crippen LogP contribution < -0.4 is 10.3 Å². The monoisotopic (exact) mass is 300 g/mol. The molecule has 118 valence electrons. The minimum absolute atomic E-state index is 0.0905. The minimum atomic E-state index is 0.0905. The third-order valence-electron chi connectivity index (χ3n) is 4.18. The van der Waals surface area contributed by atoms with Crippen molar-refractivity contribution in [2.45, 2.75) is 39.3 Å². The summed E-state index contributed by atoms with van der Waals surface area (Å²) < 4.78 is 7.51. The van der Waals surface area contributed by atoms with Gasteiger partial charge in [0.25, 0.3) is 5.56 Å². The maximum absolute atomic E-state index is 12.6. The average Bonchev–Trinajstić information content (AvgIpc) is 2.99.